The molecule has 0 bridgehead atoms. The van der Waals surface area contributed by atoms with Gasteiger partial charge in [0, 0.05) is 22.9 Å². The molecule has 5 heteroatoms. The third kappa shape index (κ3) is 4.95. The Morgan fingerprint density at radius 1 is 1.29 bits per heavy atom. The number of anilines is 1. The zero-order chi connectivity index (χ0) is 15.1. The second-order valence-corrected chi connectivity index (χ2v) is 5.54. The minimum atomic E-state index is -0.0675. The van der Waals surface area contributed by atoms with Crippen molar-refractivity contribution in [3.63, 3.8) is 0 Å². The first-order valence-electron chi connectivity index (χ1n) is 6.88. The van der Waals surface area contributed by atoms with E-state index in [0.717, 1.165) is 22.3 Å². The number of carbonyl (C=O) groups excluding carboxylic acids is 1. The Kier molecular flexibility index (Phi) is 5.90. The normalized spacial score (nSPS) is 10.4. The highest BCUT2D eigenvalue weighted by Crippen LogP contribution is 2.15. The van der Waals surface area contributed by atoms with E-state index in [1.54, 1.807) is 6.20 Å². The largest absolute Gasteiger partial charge is 0.325 e. The summed E-state index contributed by atoms with van der Waals surface area (Å²) in [5.74, 6) is -0.0675. The highest BCUT2D eigenvalue weighted by molar-refractivity contribution is 9.10. The van der Waals surface area contributed by atoms with Crippen molar-refractivity contribution in [3.05, 3.63) is 58.3 Å². The first-order valence-corrected chi connectivity index (χ1v) is 7.67. The van der Waals surface area contributed by atoms with E-state index in [4.69, 9.17) is 0 Å². The summed E-state index contributed by atoms with van der Waals surface area (Å²) < 4.78 is 0.939. The van der Waals surface area contributed by atoms with E-state index in [-0.39, 0.29) is 12.5 Å². The monoisotopic (exact) mass is 347 g/mol. The number of nitrogens with one attached hydrogen (secondary N) is 2. The Hall–Kier alpha value is -1.72. The quantitative estimate of drug-likeness (QED) is 0.843. The molecule has 0 spiro atoms. The maximum Gasteiger partial charge on any atom is 0.238 e. The summed E-state index contributed by atoms with van der Waals surface area (Å²) in [7, 11) is 0. The van der Waals surface area contributed by atoms with Gasteiger partial charge in [0.1, 0.15) is 0 Å². The number of halogens is 1. The molecule has 1 heterocycles. The fourth-order valence-electron chi connectivity index (χ4n) is 2.02. The van der Waals surface area contributed by atoms with Crippen molar-refractivity contribution in [1.29, 1.82) is 0 Å². The van der Waals surface area contributed by atoms with Gasteiger partial charge in [-0.2, -0.15) is 0 Å². The Morgan fingerprint density at radius 2 is 2.14 bits per heavy atom. The second-order valence-electron chi connectivity index (χ2n) is 4.62. The molecule has 0 aliphatic rings. The summed E-state index contributed by atoms with van der Waals surface area (Å²) in [5, 5.41) is 5.97. The molecule has 1 aromatic heterocycles. The lowest BCUT2D eigenvalue weighted by molar-refractivity contribution is -0.115. The number of carbonyl (C=O) groups is 1. The molecule has 1 amide bonds. The maximum atomic E-state index is 11.9. The van der Waals surface area contributed by atoms with E-state index in [1.165, 1.54) is 5.56 Å². The third-order valence-corrected chi connectivity index (χ3v) is 3.55. The van der Waals surface area contributed by atoms with Crippen LogP contribution in [0.4, 0.5) is 5.69 Å². The average Bonchev–Trinajstić information content (AvgIpc) is 2.47. The van der Waals surface area contributed by atoms with Crippen molar-refractivity contribution >= 4 is 27.5 Å². The van der Waals surface area contributed by atoms with E-state index in [0.29, 0.717) is 6.54 Å². The summed E-state index contributed by atoms with van der Waals surface area (Å²) in [6, 6.07) is 11.5. The number of aryl methyl sites for hydroxylation is 1. The van der Waals surface area contributed by atoms with Crippen molar-refractivity contribution in [3.8, 4) is 0 Å². The highest BCUT2D eigenvalue weighted by Gasteiger charge is 2.04. The van der Waals surface area contributed by atoms with Crippen LogP contribution in [0.5, 0.6) is 0 Å². The first kappa shape index (κ1) is 15.7. The molecular formula is C16H18BrN3O. The molecule has 4 nitrogen and oxygen atoms in total. The molecule has 0 unspecified atom stereocenters. The van der Waals surface area contributed by atoms with Crippen molar-refractivity contribution in [2.75, 3.05) is 11.9 Å². The van der Waals surface area contributed by atoms with Crippen LogP contribution >= 0.6 is 15.9 Å². The first-order chi connectivity index (χ1) is 10.2. The number of aromatic nitrogens is 1. The standard InChI is InChI=1S/C16H18BrN3O/c1-2-12-5-4-8-19-15(12)10-18-11-16(21)20-14-7-3-6-13(17)9-14/h3-9,18H,2,10-11H2,1H3,(H,20,21). The van der Waals surface area contributed by atoms with Gasteiger partial charge < -0.3 is 10.6 Å². The van der Waals surface area contributed by atoms with Crippen LogP contribution in [0.1, 0.15) is 18.2 Å². The molecular weight excluding hydrogens is 330 g/mol. The molecule has 1 aromatic carbocycles. The average molecular weight is 348 g/mol. The van der Waals surface area contributed by atoms with Crippen LogP contribution < -0.4 is 10.6 Å². The smallest absolute Gasteiger partial charge is 0.238 e. The van der Waals surface area contributed by atoms with Crippen molar-refractivity contribution in [1.82, 2.24) is 10.3 Å². The third-order valence-electron chi connectivity index (χ3n) is 3.05. The lowest BCUT2D eigenvalue weighted by atomic mass is 10.1. The van der Waals surface area contributed by atoms with Gasteiger partial charge in [-0.05, 0) is 36.2 Å². The molecule has 110 valence electrons. The van der Waals surface area contributed by atoms with Gasteiger partial charge in [0.25, 0.3) is 0 Å². The van der Waals surface area contributed by atoms with Crippen LogP contribution in [0.15, 0.2) is 47.1 Å². The van der Waals surface area contributed by atoms with E-state index in [2.05, 4.69) is 44.5 Å². The topological polar surface area (TPSA) is 54.0 Å². The lowest BCUT2D eigenvalue weighted by Crippen LogP contribution is -2.28. The SMILES string of the molecule is CCc1cccnc1CNCC(=O)Nc1cccc(Br)c1. The zero-order valence-corrected chi connectivity index (χ0v) is 13.5. The molecule has 2 aromatic rings. The van der Waals surface area contributed by atoms with E-state index in [9.17, 15) is 4.79 Å². The summed E-state index contributed by atoms with van der Waals surface area (Å²) in [5.41, 5.74) is 2.98. The Labute approximate surface area is 133 Å². The summed E-state index contributed by atoms with van der Waals surface area (Å²) in [6.45, 7) is 2.95. The van der Waals surface area contributed by atoms with Crippen molar-refractivity contribution < 1.29 is 4.79 Å². The van der Waals surface area contributed by atoms with Gasteiger partial charge in [-0.25, -0.2) is 0 Å². The molecule has 0 saturated carbocycles. The van der Waals surface area contributed by atoms with Crippen molar-refractivity contribution in [2.24, 2.45) is 0 Å². The molecule has 0 aliphatic heterocycles. The maximum absolute atomic E-state index is 11.9. The zero-order valence-electron chi connectivity index (χ0n) is 11.9. The predicted molar refractivity (Wildman–Crippen MR) is 88.1 cm³/mol. The number of amides is 1. The van der Waals surface area contributed by atoms with Crippen LogP contribution in [0, 0.1) is 0 Å². The molecule has 0 atom stereocenters. The van der Waals surface area contributed by atoms with Crippen molar-refractivity contribution in [2.45, 2.75) is 19.9 Å². The van der Waals surface area contributed by atoms with Gasteiger partial charge in [0.15, 0.2) is 0 Å². The summed E-state index contributed by atoms with van der Waals surface area (Å²) in [6.07, 6.45) is 2.72. The lowest BCUT2D eigenvalue weighted by Gasteiger charge is -2.09. The molecule has 2 rings (SSSR count). The van der Waals surface area contributed by atoms with Crippen LogP contribution in [0.25, 0.3) is 0 Å². The molecule has 0 fully saturated rings. The van der Waals surface area contributed by atoms with E-state index >= 15 is 0 Å². The van der Waals surface area contributed by atoms with Gasteiger partial charge in [0.05, 0.1) is 12.2 Å². The van der Waals surface area contributed by atoms with Gasteiger partial charge >= 0.3 is 0 Å². The van der Waals surface area contributed by atoms with Crippen LogP contribution in [-0.2, 0) is 17.8 Å². The molecule has 0 saturated heterocycles. The van der Waals surface area contributed by atoms with E-state index < -0.39 is 0 Å². The molecule has 0 radical (unpaired) electrons. The van der Waals surface area contributed by atoms with Crippen LogP contribution in [0.2, 0.25) is 0 Å². The number of hydrogen-bond acceptors (Lipinski definition) is 3. The molecule has 21 heavy (non-hydrogen) atoms. The van der Waals surface area contributed by atoms with Crippen LogP contribution in [-0.4, -0.2) is 17.4 Å². The second kappa shape index (κ2) is 7.90. The van der Waals surface area contributed by atoms with Gasteiger partial charge in [0.2, 0.25) is 5.91 Å². The van der Waals surface area contributed by atoms with Crippen LogP contribution in [0.3, 0.4) is 0 Å². The summed E-state index contributed by atoms with van der Waals surface area (Å²) >= 11 is 3.38. The predicted octanol–water partition coefficient (Wildman–Crippen LogP) is 3.13. The number of pyridine rings is 1. The van der Waals surface area contributed by atoms with Gasteiger partial charge in [-0.15, -0.1) is 0 Å². The number of nitrogens with zero attached hydrogens (tertiary/aromatic N) is 1. The number of hydrogen-bond donors (Lipinski definition) is 2. The minimum Gasteiger partial charge on any atom is -0.325 e. The highest BCUT2D eigenvalue weighted by atomic mass is 79.9. The fourth-order valence-corrected chi connectivity index (χ4v) is 2.42. The van der Waals surface area contributed by atoms with Gasteiger partial charge in [-0.1, -0.05) is 35.0 Å². The van der Waals surface area contributed by atoms with Gasteiger partial charge in [-0.3, -0.25) is 9.78 Å². The van der Waals surface area contributed by atoms with E-state index in [1.807, 2.05) is 30.3 Å². The molecule has 0 aliphatic carbocycles. The molecule has 2 N–H and O–H groups in total. The number of rotatable bonds is 6. The number of benzene rings is 1. The Bertz CT molecular complexity index is 616. The Morgan fingerprint density at radius 3 is 2.90 bits per heavy atom. The Balaban J connectivity index is 1.82. The fraction of sp³-hybridized carbons (Fsp3) is 0.250. The minimum absolute atomic E-state index is 0.0675. The summed E-state index contributed by atoms with van der Waals surface area (Å²) in [4.78, 5) is 16.2.